The molecule has 8 aromatic rings. The lowest BCUT2D eigenvalue weighted by Crippen LogP contribution is -2.36. The maximum absolute atomic E-state index is 12.6. The Balaban J connectivity index is 0.000000159. The van der Waals surface area contributed by atoms with Gasteiger partial charge in [-0.1, -0.05) is 71.3 Å². The fraction of sp³-hybridized carbons (Fsp3) is 0.250. The van der Waals surface area contributed by atoms with E-state index in [1.54, 1.807) is 59.2 Å². The summed E-state index contributed by atoms with van der Waals surface area (Å²) in [6, 6.07) is 33.0. The molecule has 74 heavy (non-hydrogen) atoms. The first kappa shape index (κ1) is 49.7. The number of ether oxygens (including phenoxy) is 2. The number of anilines is 4. The van der Waals surface area contributed by atoms with Gasteiger partial charge < -0.3 is 39.9 Å². The van der Waals surface area contributed by atoms with Crippen LogP contribution < -0.4 is 31.6 Å². The number of fused-ring (bicyclic) bond motifs is 4. The molecule has 2 saturated heterocycles. The van der Waals surface area contributed by atoms with Gasteiger partial charge in [0, 0.05) is 136 Å². The van der Waals surface area contributed by atoms with E-state index in [4.69, 9.17) is 9.47 Å². The number of nitrogens with one attached hydrogen (secondary N) is 4. The van der Waals surface area contributed by atoms with Crippen LogP contribution in [0.3, 0.4) is 0 Å². The highest BCUT2D eigenvalue weighted by Crippen LogP contribution is 2.54. The first-order valence-corrected chi connectivity index (χ1v) is 27.8. The van der Waals surface area contributed by atoms with Crippen LogP contribution in [0.1, 0.15) is 48.7 Å². The van der Waals surface area contributed by atoms with Crippen molar-refractivity contribution in [3.05, 3.63) is 165 Å². The number of morpholine rings is 2. The second-order valence-corrected chi connectivity index (χ2v) is 22.7. The Kier molecular flexibility index (Phi) is 14.8. The van der Waals surface area contributed by atoms with E-state index >= 15 is 0 Å². The third-order valence-corrected chi connectivity index (χ3v) is 18.0. The predicted octanol–water partition coefficient (Wildman–Crippen LogP) is 11.5. The Morgan fingerprint density at radius 1 is 0.500 bits per heavy atom. The standard InChI is InChI=1S/2C28H27N5O2S2/c2*1-17-15-29-28(30-16-17)18(2)31-19-6-7-23-25(12-19)36-24-5-3-4-21(27(24)37-23)22-13-20(14-26(34)32-22)33-8-10-35-11-9-33/h2*3-7,12-16,18,31H,8-11H2,1-2H3,(H,32,34). The highest BCUT2D eigenvalue weighted by molar-refractivity contribution is 8.05. The van der Waals surface area contributed by atoms with Crippen LogP contribution >= 0.6 is 47.0 Å². The van der Waals surface area contributed by atoms with Crippen LogP contribution in [0.25, 0.3) is 22.5 Å². The van der Waals surface area contributed by atoms with Crippen molar-refractivity contribution in [2.75, 3.05) is 73.0 Å². The zero-order valence-corrected chi connectivity index (χ0v) is 44.6. The molecule has 12 rings (SSSR count). The van der Waals surface area contributed by atoms with Gasteiger partial charge in [-0.15, -0.1) is 0 Å². The van der Waals surface area contributed by atoms with Crippen molar-refractivity contribution >= 4 is 69.8 Å². The third-order valence-electron chi connectivity index (χ3n) is 12.8. The summed E-state index contributed by atoms with van der Waals surface area (Å²) >= 11 is 7.01. The van der Waals surface area contributed by atoms with Gasteiger partial charge in [-0.05, 0) is 99.5 Å². The first-order chi connectivity index (χ1) is 36.1. The van der Waals surface area contributed by atoms with Crippen LogP contribution in [0.15, 0.2) is 171 Å². The maximum atomic E-state index is 12.6. The lowest BCUT2D eigenvalue weighted by atomic mass is 10.1. The number of rotatable bonds is 10. The minimum absolute atomic E-state index is 0.00523. The van der Waals surface area contributed by atoms with Gasteiger partial charge in [0.2, 0.25) is 11.1 Å². The predicted molar refractivity (Wildman–Crippen MR) is 298 cm³/mol. The molecule has 4 aliphatic rings. The second kappa shape index (κ2) is 22.1. The summed E-state index contributed by atoms with van der Waals surface area (Å²) in [5.41, 5.74) is 9.63. The molecule has 0 aliphatic carbocycles. The number of nitrogens with zero attached hydrogens (tertiary/aromatic N) is 6. The highest BCUT2D eigenvalue weighted by Gasteiger charge is 2.25. The van der Waals surface area contributed by atoms with E-state index in [0.717, 1.165) is 104 Å². The van der Waals surface area contributed by atoms with Crippen molar-refractivity contribution in [2.24, 2.45) is 0 Å². The van der Waals surface area contributed by atoms with E-state index in [1.165, 1.54) is 29.4 Å². The topological polar surface area (TPSA) is 166 Å². The molecule has 4 N–H and O–H groups in total. The molecular formula is C56H54N10O4S4. The molecule has 4 aromatic carbocycles. The van der Waals surface area contributed by atoms with Crippen molar-refractivity contribution in [1.82, 2.24) is 29.9 Å². The molecule has 14 nitrogen and oxygen atoms in total. The molecule has 2 atom stereocenters. The number of H-pyrrole nitrogens is 2. The first-order valence-electron chi connectivity index (χ1n) is 24.6. The van der Waals surface area contributed by atoms with Crippen molar-refractivity contribution in [3.63, 3.8) is 0 Å². The average Bonchev–Trinajstić information content (AvgIpc) is 3.42. The van der Waals surface area contributed by atoms with Crippen molar-refractivity contribution < 1.29 is 9.47 Å². The van der Waals surface area contributed by atoms with Crippen LogP contribution in [0.4, 0.5) is 22.7 Å². The van der Waals surface area contributed by atoms with Gasteiger partial charge in [0.05, 0.1) is 49.9 Å². The minimum atomic E-state index is -0.0900. The Morgan fingerprint density at radius 3 is 1.31 bits per heavy atom. The molecule has 8 heterocycles. The Labute approximate surface area is 446 Å². The zero-order valence-electron chi connectivity index (χ0n) is 41.3. The van der Waals surface area contributed by atoms with Gasteiger partial charge in [-0.3, -0.25) is 9.59 Å². The highest BCUT2D eigenvalue weighted by atomic mass is 32.2. The van der Waals surface area contributed by atoms with Gasteiger partial charge in [-0.25, -0.2) is 19.9 Å². The quantitative estimate of drug-likeness (QED) is 0.102. The molecule has 4 aliphatic heterocycles. The number of aromatic nitrogens is 6. The van der Waals surface area contributed by atoms with Gasteiger partial charge in [0.1, 0.15) is 11.6 Å². The summed E-state index contributed by atoms with van der Waals surface area (Å²) < 4.78 is 11.0. The van der Waals surface area contributed by atoms with Crippen LogP contribution in [-0.2, 0) is 9.47 Å². The molecular weight excluding hydrogens is 1000 g/mol. The SMILES string of the molecule is Cc1cnc(C(C)Nc2ccc3c(c2)Sc2cccc(-c4cc(N5CCOCC5)cc(=O)[nH]4)c2S3)nc1.Cc1cnc(C(C)Nc2ccc3c(c2)Sc2cccc(-c4cc(N5CCOCC5)cc(=O)[nH]4)c2S3)nc1. The lowest BCUT2D eigenvalue weighted by Gasteiger charge is -2.29. The molecule has 376 valence electrons. The van der Waals surface area contributed by atoms with E-state index < -0.39 is 0 Å². The summed E-state index contributed by atoms with van der Waals surface area (Å²) in [7, 11) is 0. The molecule has 0 amide bonds. The van der Waals surface area contributed by atoms with Crippen molar-refractivity contribution in [3.8, 4) is 22.5 Å². The van der Waals surface area contributed by atoms with Crippen molar-refractivity contribution in [1.29, 1.82) is 0 Å². The summed E-state index contributed by atoms with van der Waals surface area (Å²) in [6.45, 7) is 14.0. The number of benzene rings is 4. The van der Waals surface area contributed by atoms with Gasteiger partial charge in [0.25, 0.3) is 0 Å². The summed E-state index contributed by atoms with van der Waals surface area (Å²) in [6.07, 6.45) is 7.38. The molecule has 0 bridgehead atoms. The Bertz CT molecular complexity index is 3230. The van der Waals surface area contributed by atoms with Crippen LogP contribution in [0.5, 0.6) is 0 Å². The smallest absolute Gasteiger partial charge is 0.250 e. The van der Waals surface area contributed by atoms with Gasteiger partial charge in [0.15, 0.2) is 0 Å². The van der Waals surface area contributed by atoms with E-state index in [1.807, 2.05) is 38.6 Å². The van der Waals surface area contributed by atoms with Gasteiger partial charge >= 0.3 is 0 Å². The Morgan fingerprint density at radius 2 is 0.905 bits per heavy atom. The number of aromatic amines is 2. The minimum Gasteiger partial charge on any atom is -0.378 e. The Hall–Kier alpha value is -6.54. The largest absolute Gasteiger partial charge is 0.378 e. The average molecular weight is 1060 g/mol. The summed E-state index contributed by atoms with van der Waals surface area (Å²) in [5.74, 6) is 1.54. The number of aryl methyl sites for hydroxylation is 2. The van der Waals surface area contributed by atoms with E-state index in [0.29, 0.717) is 26.4 Å². The number of hydrogen-bond acceptors (Lipinski definition) is 16. The summed E-state index contributed by atoms with van der Waals surface area (Å²) in [4.78, 5) is 63.1. The maximum Gasteiger partial charge on any atom is 0.250 e. The molecule has 4 aromatic heterocycles. The number of hydrogen-bond donors (Lipinski definition) is 4. The van der Waals surface area contributed by atoms with E-state index in [2.05, 4.69) is 149 Å². The normalized spacial score (nSPS) is 15.6. The zero-order chi connectivity index (χ0) is 50.7. The molecule has 0 radical (unpaired) electrons. The molecule has 0 saturated carbocycles. The molecule has 18 heteroatoms. The van der Waals surface area contributed by atoms with E-state index in [-0.39, 0.29) is 23.2 Å². The fourth-order valence-electron chi connectivity index (χ4n) is 9.05. The number of pyridine rings is 2. The molecule has 0 spiro atoms. The summed E-state index contributed by atoms with van der Waals surface area (Å²) in [5, 5.41) is 7.06. The van der Waals surface area contributed by atoms with Gasteiger partial charge in [-0.2, -0.15) is 0 Å². The second-order valence-electron chi connectivity index (χ2n) is 18.4. The van der Waals surface area contributed by atoms with E-state index in [9.17, 15) is 9.59 Å². The lowest BCUT2D eigenvalue weighted by molar-refractivity contribution is 0.122. The molecule has 2 unspecified atom stereocenters. The third kappa shape index (κ3) is 11.3. The fourth-order valence-corrected chi connectivity index (χ4v) is 13.9. The van der Waals surface area contributed by atoms with Crippen LogP contribution in [-0.4, -0.2) is 82.5 Å². The van der Waals surface area contributed by atoms with Crippen LogP contribution in [0.2, 0.25) is 0 Å². The van der Waals surface area contributed by atoms with Crippen molar-refractivity contribution in [2.45, 2.75) is 78.9 Å². The monoisotopic (exact) mass is 1060 g/mol. The van der Waals surface area contributed by atoms with Crippen LogP contribution in [0, 0.1) is 13.8 Å². The molecule has 2 fully saturated rings.